The Balaban J connectivity index is 2.71. The predicted octanol–water partition coefficient (Wildman–Crippen LogP) is 0.0450. The van der Waals surface area contributed by atoms with Gasteiger partial charge in [-0.15, -0.1) is 0 Å². The van der Waals surface area contributed by atoms with Crippen LogP contribution < -0.4 is 5.32 Å². The summed E-state index contributed by atoms with van der Waals surface area (Å²) >= 11 is 0. The topological polar surface area (TPSA) is 84.9 Å². The second kappa shape index (κ2) is 5.69. The van der Waals surface area contributed by atoms with Crippen molar-refractivity contribution < 1.29 is 24.2 Å². The lowest BCUT2D eigenvalue weighted by atomic mass is 9.82. The van der Waals surface area contributed by atoms with Gasteiger partial charge in [0.05, 0.1) is 32.3 Å². The molecule has 2 N–H and O–H groups in total. The number of nitrogens with one attached hydrogen (secondary N) is 1. The molecule has 1 aliphatic rings. The molecule has 1 amide bonds. The molecule has 1 fully saturated rings. The Morgan fingerprint density at radius 2 is 1.94 bits per heavy atom. The quantitative estimate of drug-likeness (QED) is 0.656. The second-order valence-electron chi connectivity index (χ2n) is 3.79. The van der Waals surface area contributed by atoms with Gasteiger partial charge in [-0.1, -0.05) is 0 Å². The van der Waals surface area contributed by atoms with Crippen molar-refractivity contribution in [2.24, 2.45) is 5.92 Å². The Labute approximate surface area is 93.9 Å². The van der Waals surface area contributed by atoms with Gasteiger partial charge in [-0.3, -0.25) is 4.79 Å². The summed E-state index contributed by atoms with van der Waals surface area (Å²) in [5.41, 5.74) is 0. The lowest BCUT2D eigenvalue weighted by Gasteiger charge is -2.33. The number of aliphatic hydroxyl groups is 1. The van der Waals surface area contributed by atoms with E-state index in [1.807, 2.05) is 0 Å². The standard InChI is InChI=1S/C10H17NO5/c1-15-9(13)6-4-3-5-7(12)8(6)11-10(14)16-2/h6-8,12H,3-5H2,1-2H3,(H,11,14)/t6-,7+,8-/m0/s1. The maximum absolute atomic E-state index is 11.5. The fraction of sp³-hybridized carbons (Fsp3) is 0.800. The molecule has 0 unspecified atom stereocenters. The van der Waals surface area contributed by atoms with Gasteiger partial charge in [-0.25, -0.2) is 4.79 Å². The molecule has 1 aliphatic carbocycles. The summed E-state index contributed by atoms with van der Waals surface area (Å²) in [5, 5.41) is 12.2. The van der Waals surface area contributed by atoms with E-state index in [-0.39, 0.29) is 0 Å². The van der Waals surface area contributed by atoms with Gasteiger partial charge in [-0.2, -0.15) is 0 Å². The van der Waals surface area contributed by atoms with E-state index in [4.69, 9.17) is 0 Å². The number of hydrogen-bond donors (Lipinski definition) is 2. The fourth-order valence-corrected chi connectivity index (χ4v) is 1.98. The van der Waals surface area contributed by atoms with Gasteiger partial charge in [0.15, 0.2) is 0 Å². The minimum atomic E-state index is -0.739. The van der Waals surface area contributed by atoms with Crippen molar-refractivity contribution >= 4 is 12.1 Å². The van der Waals surface area contributed by atoms with E-state index in [0.717, 1.165) is 6.42 Å². The number of alkyl carbamates (subject to hydrolysis) is 1. The highest BCUT2D eigenvalue weighted by Crippen LogP contribution is 2.26. The molecule has 1 saturated carbocycles. The van der Waals surface area contributed by atoms with Crippen molar-refractivity contribution in [1.29, 1.82) is 0 Å². The zero-order valence-corrected chi connectivity index (χ0v) is 9.43. The number of carbonyl (C=O) groups is 2. The minimum absolute atomic E-state index is 0.417. The van der Waals surface area contributed by atoms with Crippen molar-refractivity contribution in [3.63, 3.8) is 0 Å². The highest BCUT2D eigenvalue weighted by Gasteiger charge is 2.38. The van der Waals surface area contributed by atoms with E-state index in [2.05, 4.69) is 14.8 Å². The Kier molecular flexibility index (Phi) is 4.54. The summed E-state index contributed by atoms with van der Waals surface area (Å²) in [4.78, 5) is 22.6. The molecule has 0 radical (unpaired) electrons. The lowest BCUT2D eigenvalue weighted by Crippen LogP contribution is -2.52. The number of hydrogen-bond acceptors (Lipinski definition) is 5. The molecule has 3 atom stereocenters. The molecule has 1 rings (SSSR count). The zero-order chi connectivity index (χ0) is 12.1. The summed E-state index contributed by atoms with van der Waals surface area (Å²) in [7, 11) is 2.52. The lowest BCUT2D eigenvalue weighted by molar-refractivity contribution is -0.149. The average molecular weight is 231 g/mol. The van der Waals surface area contributed by atoms with Gasteiger partial charge in [0.25, 0.3) is 0 Å². The van der Waals surface area contributed by atoms with Crippen LogP contribution >= 0.6 is 0 Å². The smallest absolute Gasteiger partial charge is 0.407 e. The summed E-state index contributed by atoms with van der Waals surface area (Å²) in [6.45, 7) is 0. The molecule has 0 bridgehead atoms. The van der Waals surface area contributed by atoms with Crippen molar-refractivity contribution in [3.8, 4) is 0 Å². The highest BCUT2D eigenvalue weighted by molar-refractivity contribution is 5.75. The Morgan fingerprint density at radius 3 is 2.50 bits per heavy atom. The molecular formula is C10H17NO5. The van der Waals surface area contributed by atoms with Crippen molar-refractivity contribution in [3.05, 3.63) is 0 Å². The van der Waals surface area contributed by atoms with Crippen LogP contribution in [0, 0.1) is 5.92 Å². The number of amides is 1. The first kappa shape index (κ1) is 12.8. The molecule has 6 nitrogen and oxygen atoms in total. The molecule has 0 aromatic carbocycles. The van der Waals surface area contributed by atoms with E-state index < -0.39 is 30.1 Å². The summed E-state index contributed by atoms with van der Waals surface area (Å²) in [6, 6.07) is -0.631. The molecular weight excluding hydrogens is 214 g/mol. The van der Waals surface area contributed by atoms with E-state index in [1.54, 1.807) is 0 Å². The monoisotopic (exact) mass is 231 g/mol. The summed E-state index contributed by atoms with van der Waals surface area (Å²) < 4.78 is 9.09. The first-order valence-corrected chi connectivity index (χ1v) is 5.20. The Bertz CT molecular complexity index is 268. The average Bonchev–Trinajstić information content (AvgIpc) is 2.30. The Hall–Kier alpha value is -1.30. The molecule has 0 aromatic heterocycles. The predicted molar refractivity (Wildman–Crippen MR) is 54.7 cm³/mol. The first-order chi connectivity index (χ1) is 7.60. The van der Waals surface area contributed by atoms with Crippen LogP contribution in [0.15, 0.2) is 0 Å². The second-order valence-corrected chi connectivity index (χ2v) is 3.79. The van der Waals surface area contributed by atoms with Crippen LogP contribution in [0.1, 0.15) is 19.3 Å². The number of aliphatic hydroxyl groups excluding tert-OH is 1. The van der Waals surface area contributed by atoms with Crippen LogP contribution in [0.4, 0.5) is 4.79 Å². The van der Waals surface area contributed by atoms with E-state index >= 15 is 0 Å². The minimum Gasteiger partial charge on any atom is -0.469 e. The van der Waals surface area contributed by atoms with Gasteiger partial charge < -0.3 is 19.9 Å². The van der Waals surface area contributed by atoms with Crippen LogP contribution in [0.3, 0.4) is 0 Å². The van der Waals surface area contributed by atoms with E-state index in [1.165, 1.54) is 14.2 Å². The molecule has 0 saturated heterocycles. The first-order valence-electron chi connectivity index (χ1n) is 5.20. The van der Waals surface area contributed by atoms with Crippen LogP contribution in [0.2, 0.25) is 0 Å². The van der Waals surface area contributed by atoms with Crippen LogP contribution in [-0.2, 0) is 14.3 Å². The molecule has 0 spiro atoms. The number of methoxy groups -OCH3 is 2. The summed E-state index contributed by atoms with van der Waals surface area (Å²) in [5.74, 6) is -0.923. The molecule has 0 heterocycles. The SMILES string of the molecule is COC(=O)N[C@@H]1[C@H](O)CCC[C@@H]1C(=O)OC. The third kappa shape index (κ3) is 2.85. The van der Waals surface area contributed by atoms with E-state index in [0.29, 0.717) is 12.8 Å². The van der Waals surface area contributed by atoms with Gasteiger partial charge in [-0.05, 0) is 19.3 Å². The number of rotatable bonds is 2. The number of carbonyl (C=O) groups excluding carboxylic acids is 2. The fourth-order valence-electron chi connectivity index (χ4n) is 1.98. The van der Waals surface area contributed by atoms with Gasteiger partial charge in [0, 0.05) is 0 Å². The van der Waals surface area contributed by atoms with Crippen molar-refractivity contribution in [2.45, 2.75) is 31.4 Å². The van der Waals surface area contributed by atoms with Crippen LogP contribution in [-0.4, -0.2) is 43.5 Å². The maximum atomic E-state index is 11.5. The number of esters is 1. The van der Waals surface area contributed by atoms with Gasteiger partial charge in [0.2, 0.25) is 0 Å². The van der Waals surface area contributed by atoms with Crippen LogP contribution in [0.5, 0.6) is 0 Å². The third-order valence-corrected chi connectivity index (χ3v) is 2.84. The maximum Gasteiger partial charge on any atom is 0.407 e. The zero-order valence-electron chi connectivity index (χ0n) is 9.43. The van der Waals surface area contributed by atoms with E-state index in [9.17, 15) is 14.7 Å². The third-order valence-electron chi connectivity index (χ3n) is 2.84. The molecule has 0 aromatic rings. The molecule has 16 heavy (non-hydrogen) atoms. The molecule has 0 aliphatic heterocycles. The van der Waals surface area contributed by atoms with Crippen molar-refractivity contribution in [1.82, 2.24) is 5.32 Å². The highest BCUT2D eigenvalue weighted by atomic mass is 16.5. The molecule has 92 valence electrons. The van der Waals surface area contributed by atoms with Gasteiger partial charge in [0.1, 0.15) is 0 Å². The summed E-state index contributed by atoms with van der Waals surface area (Å²) in [6.07, 6.45) is 0.498. The van der Waals surface area contributed by atoms with Crippen molar-refractivity contribution in [2.75, 3.05) is 14.2 Å². The normalized spacial score (nSPS) is 29.3. The van der Waals surface area contributed by atoms with Crippen LogP contribution in [0.25, 0.3) is 0 Å². The largest absolute Gasteiger partial charge is 0.469 e. The van der Waals surface area contributed by atoms with Gasteiger partial charge >= 0.3 is 12.1 Å². The molecule has 6 heteroatoms. The number of ether oxygens (including phenoxy) is 2. The Morgan fingerprint density at radius 1 is 1.25 bits per heavy atom.